The molecule has 2 amide bonds. The van der Waals surface area contributed by atoms with Gasteiger partial charge in [0.05, 0.1) is 23.7 Å². The minimum Gasteiger partial charge on any atom is -0.493 e. The second-order valence-corrected chi connectivity index (χ2v) is 10.6. The van der Waals surface area contributed by atoms with E-state index in [0.29, 0.717) is 53.4 Å². The van der Waals surface area contributed by atoms with E-state index in [1.165, 1.54) is 26.1 Å². The van der Waals surface area contributed by atoms with E-state index < -0.39 is 24.2 Å². The maximum absolute atomic E-state index is 14.8. The molecule has 0 bridgehead atoms. The fraction of sp³-hybridized carbons (Fsp3) is 0.500. The molecule has 38 heavy (non-hydrogen) atoms. The third-order valence-electron chi connectivity index (χ3n) is 7.38. The van der Waals surface area contributed by atoms with Gasteiger partial charge in [-0.05, 0) is 64.5 Å². The first-order valence-corrected chi connectivity index (χ1v) is 13.2. The van der Waals surface area contributed by atoms with Gasteiger partial charge in [0.15, 0.2) is 0 Å². The number of halogens is 1. The molecule has 0 radical (unpaired) electrons. The number of hydrogen-bond acceptors (Lipinski definition) is 6. The second kappa shape index (κ2) is 10.7. The van der Waals surface area contributed by atoms with Crippen molar-refractivity contribution in [1.82, 2.24) is 25.6 Å². The number of hydrogen-bond donors (Lipinski definition) is 4. The Labute approximate surface area is 220 Å². The Morgan fingerprint density at radius 3 is 2.68 bits per heavy atom. The lowest BCUT2D eigenvalue weighted by molar-refractivity contribution is -0.130. The Kier molecular flexibility index (Phi) is 7.34. The van der Waals surface area contributed by atoms with Gasteiger partial charge in [0.25, 0.3) is 5.91 Å². The molecule has 9 nitrogen and oxygen atoms in total. The zero-order valence-corrected chi connectivity index (χ0v) is 21.9. The highest BCUT2D eigenvalue weighted by Gasteiger charge is 2.34. The number of rotatable bonds is 8. The van der Waals surface area contributed by atoms with Crippen molar-refractivity contribution < 1.29 is 23.8 Å². The summed E-state index contributed by atoms with van der Waals surface area (Å²) in [6.45, 7) is 5.83. The maximum Gasteiger partial charge on any atom is 0.255 e. The number of alkyl halides is 1. The number of carbonyl (C=O) groups is 2. The Hall–Kier alpha value is -3.53. The van der Waals surface area contributed by atoms with E-state index in [0.717, 1.165) is 16.9 Å². The first-order valence-electron chi connectivity index (χ1n) is 13.2. The van der Waals surface area contributed by atoms with Crippen molar-refractivity contribution >= 4 is 22.8 Å². The minimum atomic E-state index is -1.33. The van der Waals surface area contributed by atoms with Crippen LogP contribution in [0.25, 0.3) is 22.3 Å². The summed E-state index contributed by atoms with van der Waals surface area (Å²) in [5, 5.41) is 14.9. The molecule has 2 heterocycles. The van der Waals surface area contributed by atoms with Crippen LogP contribution in [0.15, 0.2) is 24.5 Å². The van der Waals surface area contributed by atoms with E-state index in [1.807, 2.05) is 32.0 Å². The molecule has 0 unspecified atom stereocenters. The van der Waals surface area contributed by atoms with Crippen molar-refractivity contribution in [2.75, 3.05) is 6.61 Å². The number of aromatic amines is 1. The Bertz CT molecular complexity index is 1350. The van der Waals surface area contributed by atoms with E-state index in [-0.39, 0.29) is 18.4 Å². The van der Waals surface area contributed by atoms with Crippen LogP contribution in [0.2, 0.25) is 0 Å². The predicted octanol–water partition coefficient (Wildman–Crippen LogP) is 3.52. The molecule has 5 rings (SSSR count). The van der Waals surface area contributed by atoms with Crippen molar-refractivity contribution in [2.24, 2.45) is 5.92 Å². The van der Waals surface area contributed by atoms with Gasteiger partial charge in [-0.15, -0.1) is 0 Å². The molecular formula is C28H34FN5O4. The third-order valence-corrected chi connectivity index (χ3v) is 7.38. The molecule has 2 fully saturated rings. The lowest BCUT2D eigenvalue weighted by atomic mass is 9.89. The lowest BCUT2D eigenvalue weighted by Gasteiger charge is -2.32. The monoisotopic (exact) mass is 523 g/mol. The van der Waals surface area contributed by atoms with Crippen LogP contribution in [0.1, 0.15) is 60.6 Å². The molecule has 2 aliphatic carbocycles. The molecule has 2 aliphatic rings. The number of aliphatic hydroxyl groups is 1. The molecule has 0 aliphatic heterocycles. The summed E-state index contributed by atoms with van der Waals surface area (Å²) < 4.78 is 20.9. The maximum atomic E-state index is 14.8. The predicted molar refractivity (Wildman–Crippen MR) is 141 cm³/mol. The summed E-state index contributed by atoms with van der Waals surface area (Å²) in [7, 11) is 0. The summed E-state index contributed by atoms with van der Waals surface area (Å²) in [4.78, 5) is 37.4. The standard InChI is InChI=1S/C28H34FN5O4/c1-14-4-9-22(38-12-17-5-6-17)19(10-14)24-26-25(31-13-30-24)23(15(2)32-26)28(37)33-18-7-8-21(20(29)11-18)34-27(36)16(3)35/h4,9-10,13,16-18,20-21,32,35H,5-8,11-12H2,1-3H3,(H,33,37)(H,34,36)/t16-,18+,20+,21+/m0/s1. The van der Waals surface area contributed by atoms with Gasteiger partial charge in [-0.25, -0.2) is 14.4 Å². The molecule has 0 saturated heterocycles. The number of aromatic nitrogens is 3. The Balaban J connectivity index is 1.36. The van der Waals surface area contributed by atoms with Crippen LogP contribution < -0.4 is 15.4 Å². The number of ether oxygens (including phenoxy) is 1. The molecule has 0 spiro atoms. The van der Waals surface area contributed by atoms with Crippen LogP contribution >= 0.6 is 0 Å². The van der Waals surface area contributed by atoms with Gasteiger partial charge in [-0.1, -0.05) is 11.6 Å². The highest BCUT2D eigenvalue weighted by molar-refractivity contribution is 6.09. The molecule has 2 saturated carbocycles. The van der Waals surface area contributed by atoms with Crippen LogP contribution in [-0.2, 0) is 4.79 Å². The summed E-state index contributed by atoms with van der Waals surface area (Å²) in [6.07, 6.45) is 2.24. The number of aryl methyl sites for hydroxylation is 2. The van der Waals surface area contributed by atoms with Crippen molar-refractivity contribution in [3.63, 3.8) is 0 Å². The normalized spacial score (nSPS) is 22.2. The molecule has 202 valence electrons. The van der Waals surface area contributed by atoms with Gasteiger partial charge in [-0.2, -0.15) is 0 Å². The van der Waals surface area contributed by atoms with Gasteiger partial charge >= 0.3 is 0 Å². The number of benzene rings is 1. The number of nitrogens with one attached hydrogen (secondary N) is 3. The summed E-state index contributed by atoms with van der Waals surface area (Å²) >= 11 is 0. The van der Waals surface area contributed by atoms with E-state index in [9.17, 15) is 19.1 Å². The summed E-state index contributed by atoms with van der Waals surface area (Å²) in [6, 6.07) is 4.92. The number of amides is 2. The summed E-state index contributed by atoms with van der Waals surface area (Å²) in [5.41, 5.74) is 4.74. The van der Waals surface area contributed by atoms with Gasteiger partial charge in [0.2, 0.25) is 5.91 Å². The van der Waals surface area contributed by atoms with Crippen molar-refractivity contribution in [3.05, 3.63) is 41.3 Å². The number of H-pyrrole nitrogens is 1. The van der Waals surface area contributed by atoms with Gasteiger partial charge in [0.1, 0.15) is 35.6 Å². The smallest absolute Gasteiger partial charge is 0.255 e. The first-order chi connectivity index (χ1) is 18.2. The fourth-order valence-corrected chi connectivity index (χ4v) is 5.02. The van der Waals surface area contributed by atoms with Crippen LogP contribution in [0.4, 0.5) is 4.39 Å². The number of fused-ring (bicyclic) bond motifs is 1. The summed E-state index contributed by atoms with van der Waals surface area (Å²) in [5.74, 6) is 0.413. The molecule has 4 N–H and O–H groups in total. The van der Waals surface area contributed by atoms with Crippen LogP contribution in [-0.4, -0.2) is 62.8 Å². The molecule has 1 aromatic carbocycles. The Morgan fingerprint density at radius 2 is 1.97 bits per heavy atom. The minimum absolute atomic E-state index is 0.0725. The molecular weight excluding hydrogens is 489 g/mol. The highest BCUT2D eigenvalue weighted by atomic mass is 19.1. The average molecular weight is 524 g/mol. The molecule has 10 heteroatoms. The van der Waals surface area contributed by atoms with E-state index in [2.05, 4.69) is 25.6 Å². The van der Waals surface area contributed by atoms with E-state index >= 15 is 0 Å². The quantitative estimate of drug-likeness (QED) is 0.358. The van der Waals surface area contributed by atoms with Crippen LogP contribution in [0.5, 0.6) is 5.75 Å². The second-order valence-electron chi connectivity index (χ2n) is 10.6. The zero-order chi connectivity index (χ0) is 27.0. The highest BCUT2D eigenvalue weighted by Crippen LogP contribution is 2.37. The number of aliphatic hydroxyl groups excluding tert-OH is 1. The van der Waals surface area contributed by atoms with Crippen molar-refractivity contribution in [2.45, 2.75) is 77.2 Å². The van der Waals surface area contributed by atoms with Gasteiger partial charge in [0, 0.05) is 23.7 Å². The number of carbonyl (C=O) groups excluding carboxylic acids is 2. The van der Waals surface area contributed by atoms with Crippen LogP contribution in [0, 0.1) is 19.8 Å². The zero-order valence-electron chi connectivity index (χ0n) is 21.9. The van der Waals surface area contributed by atoms with Gasteiger partial charge in [-0.3, -0.25) is 9.59 Å². The Morgan fingerprint density at radius 1 is 1.18 bits per heavy atom. The average Bonchev–Trinajstić information content (AvgIpc) is 3.64. The van der Waals surface area contributed by atoms with E-state index in [1.54, 1.807) is 0 Å². The van der Waals surface area contributed by atoms with Gasteiger partial charge < -0.3 is 25.5 Å². The topological polar surface area (TPSA) is 129 Å². The van der Waals surface area contributed by atoms with E-state index in [4.69, 9.17) is 4.74 Å². The lowest BCUT2D eigenvalue weighted by Crippen LogP contribution is -2.51. The molecule has 2 aromatic heterocycles. The first kappa shape index (κ1) is 26.1. The van der Waals surface area contributed by atoms with Crippen molar-refractivity contribution in [1.29, 1.82) is 0 Å². The molecule has 4 atom stereocenters. The van der Waals surface area contributed by atoms with Crippen molar-refractivity contribution in [3.8, 4) is 17.0 Å². The van der Waals surface area contributed by atoms with Crippen LogP contribution in [0.3, 0.4) is 0 Å². The fourth-order valence-electron chi connectivity index (χ4n) is 5.02. The SMILES string of the molecule is Cc1ccc(OCC2CC2)c(-c2ncnc3c(C(=O)N[C@@H]4CC[C@@H](NC(=O)[C@H](C)O)[C@H](F)C4)c(C)[nH]c23)c1. The molecule has 3 aromatic rings. The third kappa shape index (κ3) is 5.50. The number of nitrogens with zero attached hydrogens (tertiary/aromatic N) is 2. The largest absolute Gasteiger partial charge is 0.493 e.